The summed E-state index contributed by atoms with van der Waals surface area (Å²) >= 11 is 0. The highest BCUT2D eigenvalue weighted by molar-refractivity contribution is 6.09. The lowest BCUT2D eigenvalue weighted by Crippen LogP contribution is -2.17. The van der Waals surface area contributed by atoms with Gasteiger partial charge in [0.1, 0.15) is 0 Å². The molecule has 0 aromatic heterocycles. The topological polar surface area (TPSA) is 3.24 Å². The number of hydrogen-bond donors (Lipinski definition) is 0. The highest BCUT2D eigenvalue weighted by atomic mass is 15.1. The van der Waals surface area contributed by atoms with Crippen molar-refractivity contribution in [1.29, 1.82) is 0 Å². The van der Waals surface area contributed by atoms with E-state index in [0.29, 0.717) is 11.8 Å². The molecule has 0 saturated carbocycles. The molecular formula is C52H49N. The van der Waals surface area contributed by atoms with E-state index in [1.165, 1.54) is 94.6 Å². The summed E-state index contributed by atoms with van der Waals surface area (Å²) in [5.41, 5.74) is 19.7. The molecule has 1 nitrogen and oxygen atoms in total. The van der Waals surface area contributed by atoms with E-state index in [9.17, 15) is 0 Å². The van der Waals surface area contributed by atoms with Crippen LogP contribution in [0.2, 0.25) is 0 Å². The monoisotopic (exact) mass is 687 g/mol. The van der Waals surface area contributed by atoms with Crippen molar-refractivity contribution in [3.63, 3.8) is 0 Å². The largest absolute Gasteiger partial charge is 0.310 e. The van der Waals surface area contributed by atoms with Gasteiger partial charge >= 0.3 is 0 Å². The highest BCUT2D eigenvalue weighted by Gasteiger charge is 2.43. The van der Waals surface area contributed by atoms with Crippen molar-refractivity contribution in [2.24, 2.45) is 0 Å². The fraction of sp³-hybridized carbons (Fsp3) is 0.231. The van der Waals surface area contributed by atoms with E-state index in [1.54, 1.807) is 0 Å². The van der Waals surface area contributed by atoms with Crippen LogP contribution in [0.3, 0.4) is 0 Å². The normalized spacial score (nSPS) is 14.7. The summed E-state index contributed by atoms with van der Waals surface area (Å²) in [7, 11) is 0. The molecule has 0 N–H and O–H groups in total. The lowest BCUT2D eigenvalue weighted by Gasteiger charge is -2.28. The van der Waals surface area contributed by atoms with Gasteiger partial charge in [0.15, 0.2) is 0 Å². The number of nitrogens with zero attached hydrogens (tertiary/aromatic N) is 1. The molecule has 0 bridgehead atoms. The average Bonchev–Trinajstić information content (AvgIpc) is 3.53. The first kappa shape index (κ1) is 33.4. The molecule has 0 radical (unpaired) electrons. The Hall–Kier alpha value is -5.40. The van der Waals surface area contributed by atoms with Crippen LogP contribution in [-0.2, 0) is 10.8 Å². The third kappa shape index (κ3) is 5.12. The Morgan fingerprint density at radius 2 is 0.868 bits per heavy atom. The Kier molecular flexibility index (Phi) is 7.61. The quantitative estimate of drug-likeness (QED) is 0.168. The van der Waals surface area contributed by atoms with Gasteiger partial charge in [0.25, 0.3) is 0 Å². The minimum absolute atomic E-state index is 0.138. The summed E-state index contributed by atoms with van der Waals surface area (Å²) in [6.45, 7) is 18.7. The van der Waals surface area contributed by atoms with Gasteiger partial charge in [0.05, 0.1) is 0 Å². The van der Waals surface area contributed by atoms with E-state index in [-0.39, 0.29) is 10.8 Å². The molecule has 0 amide bonds. The second kappa shape index (κ2) is 12.1. The predicted octanol–water partition coefficient (Wildman–Crippen LogP) is 14.8. The number of rotatable bonds is 6. The Morgan fingerprint density at radius 3 is 1.47 bits per heavy atom. The highest BCUT2D eigenvalue weighted by Crippen LogP contribution is 2.58. The van der Waals surface area contributed by atoms with Crippen molar-refractivity contribution < 1.29 is 0 Å². The zero-order valence-corrected chi connectivity index (χ0v) is 32.4. The van der Waals surface area contributed by atoms with Crippen LogP contribution in [0.5, 0.6) is 0 Å². The smallest absolute Gasteiger partial charge is 0.0465 e. The summed E-state index contributed by atoms with van der Waals surface area (Å²) < 4.78 is 0. The maximum absolute atomic E-state index is 2.56. The van der Waals surface area contributed by atoms with E-state index in [0.717, 1.165) is 0 Å². The first-order valence-corrected chi connectivity index (χ1v) is 19.4. The molecule has 0 saturated heterocycles. The third-order valence-corrected chi connectivity index (χ3v) is 12.4. The summed E-state index contributed by atoms with van der Waals surface area (Å²) in [6.07, 6.45) is 0. The standard InChI is InChI=1S/C52H49N/c1-32(2)34-18-22-37(23-19-34)53(38-24-20-35(21-25-38)33(3)4)39-26-27-41-44-30-48-45(31-47(44)51(5,6)46(41)28-39)50-42-17-13-12-16-40(42)43(29-49(50)52(48,7)8)36-14-10-9-11-15-36/h9-33H,1-8H3. The van der Waals surface area contributed by atoms with E-state index < -0.39 is 0 Å². The summed E-state index contributed by atoms with van der Waals surface area (Å²) in [4.78, 5) is 2.43. The predicted molar refractivity (Wildman–Crippen MR) is 227 cm³/mol. The fourth-order valence-corrected chi connectivity index (χ4v) is 9.26. The second-order valence-corrected chi connectivity index (χ2v) is 17.0. The van der Waals surface area contributed by atoms with Crippen LogP contribution < -0.4 is 4.90 Å². The number of benzene rings is 7. The van der Waals surface area contributed by atoms with Crippen molar-refractivity contribution in [3.05, 3.63) is 173 Å². The molecule has 2 aliphatic rings. The van der Waals surface area contributed by atoms with Crippen LogP contribution in [0.1, 0.15) is 101 Å². The maximum Gasteiger partial charge on any atom is 0.0465 e. The molecule has 9 rings (SSSR count). The van der Waals surface area contributed by atoms with Gasteiger partial charge in [-0.2, -0.15) is 0 Å². The zero-order chi connectivity index (χ0) is 36.8. The third-order valence-electron chi connectivity index (χ3n) is 12.4. The van der Waals surface area contributed by atoms with Crippen LogP contribution in [0.15, 0.2) is 140 Å². The van der Waals surface area contributed by atoms with E-state index >= 15 is 0 Å². The van der Waals surface area contributed by atoms with Crippen molar-refractivity contribution in [2.45, 2.75) is 78.1 Å². The van der Waals surface area contributed by atoms with E-state index in [4.69, 9.17) is 0 Å². The minimum atomic E-state index is -0.170. The first-order valence-electron chi connectivity index (χ1n) is 19.4. The van der Waals surface area contributed by atoms with Crippen LogP contribution in [0.4, 0.5) is 17.1 Å². The Morgan fingerprint density at radius 1 is 0.396 bits per heavy atom. The first-order chi connectivity index (χ1) is 25.4. The molecule has 53 heavy (non-hydrogen) atoms. The molecule has 0 fully saturated rings. The number of hydrogen-bond acceptors (Lipinski definition) is 1. The van der Waals surface area contributed by atoms with E-state index in [2.05, 4.69) is 200 Å². The molecule has 1 heteroatoms. The Balaban J connectivity index is 1.19. The molecule has 2 aliphatic carbocycles. The van der Waals surface area contributed by atoms with Gasteiger partial charge in [-0.15, -0.1) is 0 Å². The molecule has 0 atom stereocenters. The molecule has 7 aromatic carbocycles. The van der Waals surface area contributed by atoms with Crippen LogP contribution in [0.25, 0.3) is 44.2 Å². The van der Waals surface area contributed by atoms with Gasteiger partial charge in [-0.1, -0.05) is 140 Å². The lowest BCUT2D eigenvalue weighted by molar-refractivity contribution is 0.652. The number of anilines is 3. The van der Waals surface area contributed by atoms with Crippen LogP contribution in [0, 0.1) is 0 Å². The van der Waals surface area contributed by atoms with Crippen molar-refractivity contribution in [3.8, 4) is 33.4 Å². The van der Waals surface area contributed by atoms with Gasteiger partial charge in [-0.25, -0.2) is 0 Å². The van der Waals surface area contributed by atoms with Gasteiger partial charge in [-0.3, -0.25) is 0 Å². The molecule has 0 aliphatic heterocycles. The SMILES string of the molecule is CC(C)c1ccc(N(c2ccc(C(C)C)cc2)c2ccc3c(c2)C(C)(C)c2cc4c(cc2-3)C(C)(C)c2cc(-c3ccccc3)c3ccccc3c2-4)cc1. The second-order valence-electron chi connectivity index (χ2n) is 17.0. The molecule has 0 heterocycles. The number of fused-ring (bicyclic) bond motifs is 8. The van der Waals surface area contributed by atoms with Crippen molar-refractivity contribution in [1.82, 2.24) is 0 Å². The Bertz CT molecular complexity index is 2480. The van der Waals surface area contributed by atoms with Crippen molar-refractivity contribution in [2.75, 3.05) is 4.90 Å². The van der Waals surface area contributed by atoms with Gasteiger partial charge in [0.2, 0.25) is 0 Å². The summed E-state index contributed by atoms with van der Waals surface area (Å²) in [5, 5.41) is 2.66. The molecule has 0 unspecified atom stereocenters. The lowest BCUT2D eigenvalue weighted by atomic mass is 9.79. The van der Waals surface area contributed by atoms with E-state index in [1.807, 2.05) is 0 Å². The van der Waals surface area contributed by atoms with Gasteiger partial charge < -0.3 is 4.90 Å². The van der Waals surface area contributed by atoms with Crippen molar-refractivity contribution >= 4 is 27.8 Å². The fourth-order valence-electron chi connectivity index (χ4n) is 9.26. The average molecular weight is 688 g/mol. The van der Waals surface area contributed by atoms with Gasteiger partial charge in [-0.05, 0) is 144 Å². The molecular weight excluding hydrogens is 639 g/mol. The molecule has 7 aromatic rings. The molecule has 262 valence electrons. The Labute approximate surface area is 316 Å². The molecule has 0 spiro atoms. The summed E-state index contributed by atoms with van der Waals surface area (Å²) in [5.74, 6) is 0.981. The van der Waals surface area contributed by atoms with Crippen LogP contribution >= 0.6 is 0 Å². The maximum atomic E-state index is 2.56. The van der Waals surface area contributed by atoms with Gasteiger partial charge in [0, 0.05) is 27.9 Å². The van der Waals surface area contributed by atoms with Crippen LogP contribution in [-0.4, -0.2) is 0 Å². The zero-order valence-electron chi connectivity index (χ0n) is 32.4. The minimum Gasteiger partial charge on any atom is -0.310 e. The summed E-state index contributed by atoms with van der Waals surface area (Å²) in [6, 6.07) is 53.0.